The Bertz CT molecular complexity index is 470. The van der Waals surface area contributed by atoms with E-state index < -0.39 is 0 Å². The van der Waals surface area contributed by atoms with Gasteiger partial charge in [0.05, 0.1) is 9.26 Å². The van der Waals surface area contributed by atoms with E-state index in [2.05, 4.69) is 41.8 Å². The third-order valence-electron chi connectivity index (χ3n) is 4.16. The zero-order valence-electron chi connectivity index (χ0n) is 12.8. The van der Waals surface area contributed by atoms with Gasteiger partial charge in [-0.3, -0.25) is 0 Å². The van der Waals surface area contributed by atoms with Gasteiger partial charge in [0, 0.05) is 13.7 Å². The molecule has 1 heterocycles. The summed E-state index contributed by atoms with van der Waals surface area (Å²) in [5.74, 6) is 2.54. The molecule has 1 aliphatic rings. The highest BCUT2D eigenvalue weighted by Gasteiger charge is 2.39. The van der Waals surface area contributed by atoms with Crippen LogP contribution < -0.4 is 5.32 Å². The Morgan fingerprint density at radius 2 is 2.00 bits per heavy atom. The van der Waals surface area contributed by atoms with Gasteiger partial charge in [0.2, 0.25) is 0 Å². The zero-order chi connectivity index (χ0) is 14.8. The predicted molar refractivity (Wildman–Crippen MR) is 90.0 cm³/mol. The third kappa shape index (κ3) is 3.08. The molecule has 2 rings (SSSR count). The van der Waals surface area contributed by atoms with Crippen molar-refractivity contribution in [2.24, 2.45) is 5.92 Å². The summed E-state index contributed by atoms with van der Waals surface area (Å²) in [7, 11) is 1.91. The Hall–Kier alpha value is -0.430. The van der Waals surface area contributed by atoms with Crippen LogP contribution in [-0.2, 0) is 10.3 Å². The minimum Gasteiger partial charge on any atom is -0.372 e. The number of rotatable bonds is 4. The van der Waals surface area contributed by atoms with Crippen molar-refractivity contribution >= 4 is 28.4 Å². The topological polar surface area (TPSA) is 47.0 Å². The number of anilines is 1. The van der Waals surface area contributed by atoms with E-state index >= 15 is 0 Å². The number of aryl methyl sites for hydroxylation is 1. The van der Waals surface area contributed by atoms with Gasteiger partial charge in [-0.2, -0.15) is 0 Å². The summed E-state index contributed by atoms with van der Waals surface area (Å²) in [6.45, 7) is 7.11. The molecule has 1 N–H and O–H groups in total. The predicted octanol–water partition coefficient (Wildman–Crippen LogP) is 3.87. The van der Waals surface area contributed by atoms with Crippen molar-refractivity contribution in [3.8, 4) is 0 Å². The zero-order valence-corrected chi connectivity index (χ0v) is 15.0. The summed E-state index contributed by atoms with van der Waals surface area (Å²) < 4.78 is 7.23. The number of hydrogen-bond donors (Lipinski definition) is 1. The van der Waals surface area contributed by atoms with Gasteiger partial charge in [-0.25, -0.2) is 9.97 Å². The summed E-state index contributed by atoms with van der Waals surface area (Å²) in [6.07, 6.45) is 4.41. The van der Waals surface area contributed by atoms with Crippen LogP contribution in [0.15, 0.2) is 0 Å². The first-order valence-corrected chi connectivity index (χ1v) is 8.46. The molecule has 0 bridgehead atoms. The molecule has 0 amide bonds. The Labute approximate surface area is 135 Å². The molecule has 0 saturated heterocycles. The minimum absolute atomic E-state index is 0.290. The summed E-state index contributed by atoms with van der Waals surface area (Å²) in [4.78, 5) is 9.47. The molecule has 112 valence electrons. The molecule has 0 aliphatic heterocycles. The van der Waals surface area contributed by atoms with Crippen LogP contribution in [0.4, 0.5) is 5.82 Å². The van der Waals surface area contributed by atoms with Crippen molar-refractivity contribution in [2.45, 2.75) is 52.1 Å². The lowest BCUT2D eigenvalue weighted by atomic mass is 9.78. The van der Waals surface area contributed by atoms with Gasteiger partial charge < -0.3 is 10.1 Å². The highest BCUT2D eigenvalue weighted by Crippen LogP contribution is 2.41. The average molecular weight is 389 g/mol. The lowest BCUT2D eigenvalue weighted by Gasteiger charge is -2.38. The van der Waals surface area contributed by atoms with E-state index in [-0.39, 0.29) is 5.60 Å². The summed E-state index contributed by atoms with van der Waals surface area (Å²) in [6, 6.07) is 0. The quantitative estimate of drug-likeness (QED) is 0.795. The van der Waals surface area contributed by atoms with E-state index in [1.807, 2.05) is 14.0 Å². The second kappa shape index (κ2) is 6.56. The third-order valence-corrected chi connectivity index (χ3v) is 5.46. The van der Waals surface area contributed by atoms with Gasteiger partial charge in [0.15, 0.2) is 5.82 Å². The van der Waals surface area contributed by atoms with Gasteiger partial charge in [-0.05, 0) is 68.0 Å². The van der Waals surface area contributed by atoms with Crippen LogP contribution in [0.25, 0.3) is 0 Å². The van der Waals surface area contributed by atoms with Gasteiger partial charge in [-0.1, -0.05) is 6.92 Å². The molecule has 1 aliphatic carbocycles. The molecular weight excluding hydrogens is 365 g/mol. The van der Waals surface area contributed by atoms with E-state index in [1.165, 1.54) is 12.8 Å². The van der Waals surface area contributed by atoms with Crippen molar-refractivity contribution in [2.75, 3.05) is 19.0 Å². The van der Waals surface area contributed by atoms with Crippen molar-refractivity contribution in [1.82, 2.24) is 9.97 Å². The number of halogens is 1. The molecule has 0 aromatic carbocycles. The highest BCUT2D eigenvalue weighted by molar-refractivity contribution is 14.1. The number of nitrogens with one attached hydrogen (secondary N) is 1. The van der Waals surface area contributed by atoms with Crippen LogP contribution in [0.3, 0.4) is 0 Å². The van der Waals surface area contributed by atoms with Gasteiger partial charge >= 0.3 is 0 Å². The standard InChI is InChI=1S/C15H24IN3O/c1-5-20-15(8-6-10(2)7-9-15)14-18-11(3)12(16)13(17-4)19-14/h10H,5-9H2,1-4H3,(H,17,18,19). The molecule has 0 radical (unpaired) electrons. The van der Waals surface area contributed by atoms with Crippen LogP contribution in [0.1, 0.15) is 51.0 Å². The maximum Gasteiger partial charge on any atom is 0.162 e. The molecule has 1 fully saturated rings. The maximum absolute atomic E-state index is 6.14. The Kier molecular flexibility index (Phi) is 5.23. The first kappa shape index (κ1) is 15.9. The number of nitrogens with zero attached hydrogens (tertiary/aromatic N) is 2. The van der Waals surface area contributed by atoms with Gasteiger partial charge in [0.1, 0.15) is 11.4 Å². The van der Waals surface area contributed by atoms with E-state index in [4.69, 9.17) is 14.7 Å². The SMILES string of the molecule is CCOC1(c2nc(C)c(I)c(NC)n2)CCC(C)CC1. The summed E-state index contributed by atoms with van der Waals surface area (Å²) in [5.41, 5.74) is 0.736. The molecule has 1 aromatic heterocycles. The average Bonchev–Trinajstić information content (AvgIpc) is 2.44. The summed E-state index contributed by atoms with van der Waals surface area (Å²) >= 11 is 2.29. The molecule has 4 nitrogen and oxygen atoms in total. The molecule has 0 unspecified atom stereocenters. The Morgan fingerprint density at radius 1 is 1.35 bits per heavy atom. The second-order valence-electron chi connectivity index (χ2n) is 5.66. The molecule has 0 spiro atoms. The van der Waals surface area contributed by atoms with Gasteiger partial charge in [0.25, 0.3) is 0 Å². The molecular formula is C15H24IN3O. The molecule has 20 heavy (non-hydrogen) atoms. The Morgan fingerprint density at radius 3 is 2.55 bits per heavy atom. The maximum atomic E-state index is 6.14. The number of hydrogen-bond acceptors (Lipinski definition) is 4. The van der Waals surface area contributed by atoms with Crippen LogP contribution in [0, 0.1) is 16.4 Å². The number of aromatic nitrogens is 2. The van der Waals surface area contributed by atoms with E-state index in [0.717, 1.165) is 39.7 Å². The van der Waals surface area contributed by atoms with Crippen molar-refractivity contribution < 1.29 is 4.74 Å². The first-order chi connectivity index (χ1) is 9.52. The van der Waals surface area contributed by atoms with E-state index in [0.29, 0.717) is 6.61 Å². The lowest BCUT2D eigenvalue weighted by molar-refractivity contribution is -0.0837. The first-order valence-electron chi connectivity index (χ1n) is 7.38. The lowest BCUT2D eigenvalue weighted by Crippen LogP contribution is -2.36. The number of ether oxygens (including phenoxy) is 1. The monoisotopic (exact) mass is 389 g/mol. The van der Waals surface area contributed by atoms with Crippen molar-refractivity contribution in [3.63, 3.8) is 0 Å². The fourth-order valence-electron chi connectivity index (χ4n) is 2.87. The Balaban J connectivity index is 2.41. The van der Waals surface area contributed by atoms with Crippen molar-refractivity contribution in [3.05, 3.63) is 15.1 Å². The second-order valence-corrected chi connectivity index (χ2v) is 6.73. The largest absolute Gasteiger partial charge is 0.372 e. The molecule has 5 heteroatoms. The molecule has 1 aromatic rings. The summed E-state index contributed by atoms with van der Waals surface area (Å²) in [5, 5.41) is 3.17. The molecule has 0 atom stereocenters. The van der Waals surface area contributed by atoms with Crippen LogP contribution in [-0.4, -0.2) is 23.6 Å². The normalized spacial score (nSPS) is 26.6. The fourth-order valence-corrected chi connectivity index (χ4v) is 3.38. The van der Waals surface area contributed by atoms with E-state index in [1.54, 1.807) is 0 Å². The van der Waals surface area contributed by atoms with Crippen LogP contribution in [0.2, 0.25) is 0 Å². The fraction of sp³-hybridized carbons (Fsp3) is 0.733. The minimum atomic E-state index is -0.290. The van der Waals surface area contributed by atoms with Crippen LogP contribution >= 0.6 is 22.6 Å². The van der Waals surface area contributed by atoms with Crippen LogP contribution in [0.5, 0.6) is 0 Å². The van der Waals surface area contributed by atoms with Gasteiger partial charge in [-0.15, -0.1) is 0 Å². The highest BCUT2D eigenvalue weighted by atomic mass is 127. The van der Waals surface area contributed by atoms with Crippen molar-refractivity contribution in [1.29, 1.82) is 0 Å². The molecule has 1 saturated carbocycles. The van der Waals surface area contributed by atoms with E-state index in [9.17, 15) is 0 Å². The smallest absolute Gasteiger partial charge is 0.162 e.